The largest absolute Gasteiger partial charge is 0.437 e. The number of rotatable bonds is 1. The second kappa shape index (κ2) is 4.67. The Morgan fingerprint density at radius 1 is 1.18 bits per heavy atom. The van der Waals surface area contributed by atoms with Crippen molar-refractivity contribution in [3.05, 3.63) is 59.9 Å². The van der Waals surface area contributed by atoms with Crippen molar-refractivity contribution in [3.8, 4) is 11.3 Å². The van der Waals surface area contributed by atoms with Gasteiger partial charge in [0.15, 0.2) is 11.8 Å². The van der Waals surface area contributed by atoms with Crippen molar-refractivity contribution < 1.29 is 13.1 Å². The summed E-state index contributed by atoms with van der Waals surface area (Å²) >= 11 is 0. The number of aryl methyl sites for hydroxylation is 3. The zero-order valence-corrected chi connectivity index (χ0v) is 12.4. The van der Waals surface area contributed by atoms with E-state index in [9.17, 15) is 0 Å². The number of benzene rings is 1. The van der Waals surface area contributed by atoms with E-state index in [1.807, 2.05) is 49.0 Å². The Balaban J connectivity index is 2.23. The Morgan fingerprint density at radius 2 is 2.09 bits per heavy atom. The van der Waals surface area contributed by atoms with E-state index < -0.39 is 6.85 Å². The van der Waals surface area contributed by atoms with Crippen LogP contribution in [0.15, 0.2) is 53.2 Å². The zero-order chi connectivity index (χ0) is 17.8. The lowest BCUT2D eigenvalue weighted by Crippen LogP contribution is -2.30. The maximum atomic E-state index is 7.95. The number of hydrogen-bond donors (Lipinski definition) is 0. The van der Waals surface area contributed by atoms with E-state index in [1.54, 1.807) is 18.3 Å². The van der Waals surface area contributed by atoms with Gasteiger partial charge < -0.3 is 4.42 Å². The molecule has 0 aliphatic heterocycles. The Bertz CT molecular complexity index is 1110. The summed E-state index contributed by atoms with van der Waals surface area (Å²) in [5.41, 5.74) is 4.04. The second-order valence-electron chi connectivity index (χ2n) is 5.48. The van der Waals surface area contributed by atoms with E-state index in [0.29, 0.717) is 22.2 Å². The van der Waals surface area contributed by atoms with Crippen LogP contribution in [0.1, 0.15) is 15.2 Å². The van der Waals surface area contributed by atoms with Crippen LogP contribution in [0.4, 0.5) is 0 Å². The van der Waals surface area contributed by atoms with Crippen molar-refractivity contribution >= 4 is 22.1 Å². The van der Waals surface area contributed by atoms with Gasteiger partial charge in [0.1, 0.15) is 7.05 Å². The fraction of sp³-hybridized carbons (Fsp3) is 0.158. The molecule has 0 atom stereocenters. The molecule has 0 bridgehead atoms. The van der Waals surface area contributed by atoms with Crippen molar-refractivity contribution in [2.24, 2.45) is 7.05 Å². The standard InChI is InChI=1S/C19H17N2O/c1-12-11-13(2)17(15-8-4-5-10-21(15)3)18-16(12)14-7-6-9-20-19(14)22-18/h4-11H,1-3H3/q+1/i1D3. The smallest absolute Gasteiger partial charge is 0.227 e. The van der Waals surface area contributed by atoms with Crippen molar-refractivity contribution in [1.29, 1.82) is 0 Å². The molecule has 3 heterocycles. The first kappa shape index (κ1) is 10.1. The van der Waals surface area contributed by atoms with Gasteiger partial charge in [0, 0.05) is 33.2 Å². The van der Waals surface area contributed by atoms with Gasteiger partial charge in [-0.2, -0.15) is 0 Å². The quantitative estimate of drug-likeness (QED) is 0.495. The van der Waals surface area contributed by atoms with Crippen LogP contribution in [0.5, 0.6) is 0 Å². The van der Waals surface area contributed by atoms with Crippen LogP contribution in [-0.2, 0) is 7.05 Å². The number of hydrogen-bond acceptors (Lipinski definition) is 2. The fourth-order valence-electron chi connectivity index (χ4n) is 3.02. The summed E-state index contributed by atoms with van der Waals surface area (Å²) in [6.45, 7) is -0.315. The molecule has 0 radical (unpaired) electrons. The number of furan rings is 1. The van der Waals surface area contributed by atoms with E-state index in [0.717, 1.165) is 22.2 Å². The molecule has 0 fully saturated rings. The summed E-state index contributed by atoms with van der Waals surface area (Å²) in [6, 6.07) is 11.3. The number of nitrogens with zero attached hydrogens (tertiary/aromatic N) is 2. The van der Waals surface area contributed by atoms with Crippen LogP contribution in [0.2, 0.25) is 0 Å². The first-order chi connectivity index (χ1) is 11.9. The van der Waals surface area contributed by atoms with Gasteiger partial charge in [-0.15, -0.1) is 0 Å². The zero-order valence-electron chi connectivity index (χ0n) is 15.4. The monoisotopic (exact) mass is 292 g/mol. The highest BCUT2D eigenvalue weighted by atomic mass is 16.3. The Hall–Kier alpha value is -2.68. The Labute approximate surface area is 133 Å². The minimum atomic E-state index is -2.23. The molecule has 1 aromatic carbocycles. The predicted molar refractivity (Wildman–Crippen MR) is 87.6 cm³/mol. The molecule has 0 unspecified atom stereocenters. The molecule has 3 heteroatoms. The number of pyridine rings is 2. The molecule has 0 amide bonds. The van der Waals surface area contributed by atoms with E-state index >= 15 is 0 Å². The van der Waals surface area contributed by atoms with Gasteiger partial charge in [-0.3, -0.25) is 0 Å². The first-order valence-electron chi connectivity index (χ1n) is 8.64. The summed E-state index contributed by atoms with van der Waals surface area (Å²) in [5.74, 6) is 0. The van der Waals surface area contributed by atoms with Crippen LogP contribution in [0, 0.1) is 13.8 Å². The molecule has 22 heavy (non-hydrogen) atoms. The molecule has 3 nitrogen and oxygen atoms in total. The molecule has 0 saturated carbocycles. The van der Waals surface area contributed by atoms with Crippen molar-refractivity contribution in [1.82, 2.24) is 4.98 Å². The SMILES string of the molecule is [2H]C([2H])([2H])c1cc(C)c(-c2cccc[n+]2C)c2oc3ncccc3c12. The number of aromatic nitrogens is 2. The van der Waals surface area contributed by atoms with E-state index in [1.165, 1.54) is 0 Å². The highest BCUT2D eigenvalue weighted by Crippen LogP contribution is 2.38. The third-order valence-corrected chi connectivity index (χ3v) is 4.03. The van der Waals surface area contributed by atoms with Crippen molar-refractivity contribution in [2.75, 3.05) is 0 Å². The highest BCUT2D eigenvalue weighted by Gasteiger charge is 2.21. The molecular weight excluding hydrogens is 272 g/mol. The van der Waals surface area contributed by atoms with E-state index in [4.69, 9.17) is 8.53 Å². The summed E-state index contributed by atoms with van der Waals surface area (Å²) in [7, 11) is 1.96. The van der Waals surface area contributed by atoms with Gasteiger partial charge >= 0.3 is 0 Å². The lowest BCUT2D eigenvalue weighted by Gasteiger charge is -2.07. The average molecular weight is 292 g/mol. The first-order valence-corrected chi connectivity index (χ1v) is 7.14. The van der Waals surface area contributed by atoms with Crippen LogP contribution >= 0.6 is 0 Å². The van der Waals surface area contributed by atoms with Gasteiger partial charge in [0.05, 0.1) is 5.56 Å². The minimum absolute atomic E-state index is 0.300. The van der Waals surface area contributed by atoms with Gasteiger partial charge in [-0.1, -0.05) is 6.07 Å². The molecule has 3 aromatic heterocycles. The van der Waals surface area contributed by atoms with Crippen LogP contribution < -0.4 is 4.57 Å². The summed E-state index contributed by atoms with van der Waals surface area (Å²) in [4.78, 5) is 4.27. The van der Waals surface area contributed by atoms with Gasteiger partial charge in [-0.25, -0.2) is 9.55 Å². The molecule has 0 aliphatic rings. The third-order valence-electron chi connectivity index (χ3n) is 4.03. The van der Waals surface area contributed by atoms with E-state index in [-0.39, 0.29) is 0 Å². The van der Waals surface area contributed by atoms with Crippen molar-refractivity contribution in [2.45, 2.75) is 13.8 Å². The highest BCUT2D eigenvalue weighted by molar-refractivity contribution is 6.10. The fourth-order valence-corrected chi connectivity index (χ4v) is 3.02. The third kappa shape index (κ3) is 1.75. The predicted octanol–water partition coefficient (Wildman–Crippen LogP) is 4.09. The van der Waals surface area contributed by atoms with Crippen LogP contribution in [0.25, 0.3) is 33.3 Å². The molecule has 4 rings (SSSR count). The summed E-state index contributed by atoms with van der Waals surface area (Å²) < 4.78 is 31.9. The molecule has 4 aromatic rings. The summed E-state index contributed by atoms with van der Waals surface area (Å²) in [5, 5.41) is 1.34. The minimum Gasteiger partial charge on any atom is -0.437 e. The normalized spacial score (nSPS) is 14.0. The van der Waals surface area contributed by atoms with Crippen LogP contribution in [0.3, 0.4) is 0 Å². The molecule has 0 N–H and O–H groups in total. The van der Waals surface area contributed by atoms with Gasteiger partial charge in [0.2, 0.25) is 11.4 Å². The maximum Gasteiger partial charge on any atom is 0.227 e. The number of fused-ring (bicyclic) bond motifs is 3. The average Bonchev–Trinajstić information content (AvgIpc) is 2.93. The molecule has 108 valence electrons. The molecule has 0 spiro atoms. The second-order valence-corrected chi connectivity index (χ2v) is 5.48. The lowest BCUT2D eigenvalue weighted by atomic mass is 9.97. The maximum absolute atomic E-state index is 7.95. The topological polar surface area (TPSA) is 29.9 Å². The van der Waals surface area contributed by atoms with Gasteiger partial charge in [-0.05, 0) is 43.1 Å². The molecule has 0 aliphatic carbocycles. The van der Waals surface area contributed by atoms with Crippen LogP contribution in [-0.4, -0.2) is 4.98 Å². The summed E-state index contributed by atoms with van der Waals surface area (Å²) in [6.07, 6.45) is 3.61. The van der Waals surface area contributed by atoms with Crippen molar-refractivity contribution in [3.63, 3.8) is 0 Å². The molecular formula is C19H17N2O+. The Kier molecular flexibility index (Phi) is 2.15. The molecule has 0 saturated heterocycles. The van der Waals surface area contributed by atoms with Gasteiger partial charge in [0.25, 0.3) is 0 Å². The van der Waals surface area contributed by atoms with E-state index in [2.05, 4.69) is 4.98 Å². The Morgan fingerprint density at radius 3 is 2.91 bits per heavy atom. The lowest BCUT2D eigenvalue weighted by molar-refractivity contribution is -0.660.